The zero-order valence-corrected chi connectivity index (χ0v) is 17.5. The van der Waals surface area contributed by atoms with Crippen molar-refractivity contribution >= 4 is 16.9 Å². The lowest BCUT2D eigenvalue weighted by atomic mass is 10.1. The van der Waals surface area contributed by atoms with E-state index in [1.54, 1.807) is 0 Å². The molecule has 0 spiro atoms. The summed E-state index contributed by atoms with van der Waals surface area (Å²) in [6.07, 6.45) is 6.88. The summed E-state index contributed by atoms with van der Waals surface area (Å²) in [5, 5.41) is 5.42. The van der Waals surface area contributed by atoms with Gasteiger partial charge in [0, 0.05) is 57.0 Å². The number of fused-ring (bicyclic) bond motifs is 1. The number of amides is 1. The molecular formula is C22H31N5O2. The molecule has 2 aromatic rings. The Bertz CT molecular complexity index is 890. The molecule has 0 aromatic carbocycles. The van der Waals surface area contributed by atoms with Gasteiger partial charge in [-0.15, -0.1) is 0 Å². The summed E-state index contributed by atoms with van der Waals surface area (Å²) >= 11 is 0. The molecule has 3 aliphatic rings. The average molecular weight is 398 g/mol. The van der Waals surface area contributed by atoms with Crippen molar-refractivity contribution in [2.75, 3.05) is 39.3 Å². The predicted octanol–water partition coefficient (Wildman–Crippen LogP) is 2.83. The highest BCUT2D eigenvalue weighted by atomic mass is 16.5. The lowest BCUT2D eigenvalue weighted by molar-refractivity contribution is 0.0433. The van der Waals surface area contributed by atoms with Gasteiger partial charge in [-0.3, -0.25) is 9.69 Å². The van der Waals surface area contributed by atoms with Gasteiger partial charge in [0.15, 0.2) is 5.65 Å². The number of hydrogen-bond donors (Lipinski definition) is 0. The second kappa shape index (κ2) is 7.69. The molecule has 0 radical (unpaired) electrons. The molecule has 0 N–H and O–H groups in total. The normalized spacial score (nSPS) is 23.4. The van der Waals surface area contributed by atoms with Crippen LogP contribution in [0.25, 0.3) is 11.0 Å². The molecule has 7 nitrogen and oxygen atoms in total. The molecule has 0 bridgehead atoms. The van der Waals surface area contributed by atoms with E-state index in [2.05, 4.69) is 23.8 Å². The summed E-state index contributed by atoms with van der Waals surface area (Å²) in [5.41, 5.74) is 2.68. The van der Waals surface area contributed by atoms with Gasteiger partial charge in [0.05, 0.1) is 23.3 Å². The van der Waals surface area contributed by atoms with E-state index in [1.165, 1.54) is 19.3 Å². The first-order valence-corrected chi connectivity index (χ1v) is 11.1. The second-order valence-corrected chi connectivity index (χ2v) is 9.02. The standard InChI is InChI=1S/C22H31N5O2/c1-15(2)27-21-19(13-23-27)18(12-20(24-21)16-5-6-16)22(28)26-9-7-25(8-10-26)14-17-4-3-11-29-17/h12-13,15-17H,3-11,14H2,1-2H3/t17-/m0/s1. The SMILES string of the molecule is CC(C)n1ncc2c(C(=O)N3CCN(C[C@@H]4CCCO4)CC3)cc(C3CC3)nc21. The summed E-state index contributed by atoms with van der Waals surface area (Å²) in [7, 11) is 0. The Morgan fingerprint density at radius 1 is 1.21 bits per heavy atom. The van der Waals surface area contributed by atoms with Crippen LogP contribution in [0.1, 0.15) is 67.5 Å². The molecule has 5 rings (SSSR count). The number of carbonyl (C=O) groups is 1. The van der Waals surface area contributed by atoms with Crippen molar-refractivity contribution < 1.29 is 9.53 Å². The minimum absolute atomic E-state index is 0.124. The highest BCUT2D eigenvalue weighted by Crippen LogP contribution is 2.40. The Morgan fingerprint density at radius 2 is 2.00 bits per heavy atom. The van der Waals surface area contributed by atoms with Gasteiger partial charge in [-0.2, -0.15) is 5.10 Å². The van der Waals surface area contributed by atoms with Crippen LogP contribution in [0.15, 0.2) is 12.3 Å². The fourth-order valence-electron chi connectivity index (χ4n) is 4.56. The van der Waals surface area contributed by atoms with Crippen molar-refractivity contribution in [1.82, 2.24) is 24.6 Å². The minimum atomic E-state index is 0.124. The van der Waals surface area contributed by atoms with Crippen molar-refractivity contribution in [2.45, 2.75) is 57.6 Å². The average Bonchev–Trinajstić information content (AvgIpc) is 3.28. The van der Waals surface area contributed by atoms with E-state index in [0.29, 0.717) is 12.0 Å². The Kier molecular flexibility index (Phi) is 5.04. The van der Waals surface area contributed by atoms with E-state index < -0.39 is 0 Å². The van der Waals surface area contributed by atoms with Crippen molar-refractivity contribution in [2.24, 2.45) is 0 Å². The van der Waals surface area contributed by atoms with Gasteiger partial charge < -0.3 is 9.64 Å². The van der Waals surface area contributed by atoms with Crippen LogP contribution in [0.2, 0.25) is 0 Å². The number of carbonyl (C=O) groups excluding carboxylic acids is 1. The van der Waals surface area contributed by atoms with Crippen LogP contribution in [0.4, 0.5) is 0 Å². The monoisotopic (exact) mass is 397 g/mol. The van der Waals surface area contributed by atoms with Crippen molar-refractivity contribution in [3.8, 4) is 0 Å². The number of rotatable bonds is 5. The molecule has 7 heteroatoms. The van der Waals surface area contributed by atoms with E-state index in [4.69, 9.17) is 9.72 Å². The van der Waals surface area contributed by atoms with Gasteiger partial charge in [-0.25, -0.2) is 9.67 Å². The van der Waals surface area contributed by atoms with Crippen LogP contribution in [-0.2, 0) is 4.74 Å². The molecule has 1 amide bonds. The smallest absolute Gasteiger partial charge is 0.254 e. The van der Waals surface area contributed by atoms with E-state index in [9.17, 15) is 4.79 Å². The number of ether oxygens (including phenoxy) is 1. The number of piperazine rings is 1. The molecule has 2 saturated heterocycles. The second-order valence-electron chi connectivity index (χ2n) is 9.02. The Hall–Kier alpha value is -1.99. The topological polar surface area (TPSA) is 63.5 Å². The van der Waals surface area contributed by atoms with Crippen LogP contribution >= 0.6 is 0 Å². The van der Waals surface area contributed by atoms with Gasteiger partial charge in [-0.05, 0) is 45.6 Å². The van der Waals surface area contributed by atoms with E-state index in [0.717, 1.165) is 68.0 Å². The number of hydrogen-bond acceptors (Lipinski definition) is 5. The van der Waals surface area contributed by atoms with Crippen LogP contribution in [0.3, 0.4) is 0 Å². The molecular weight excluding hydrogens is 366 g/mol. The third kappa shape index (κ3) is 3.78. The Labute approximate surface area is 172 Å². The van der Waals surface area contributed by atoms with Gasteiger partial charge in [0.1, 0.15) is 0 Å². The summed E-state index contributed by atoms with van der Waals surface area (Å²) in [6, 6.07) is 2.26. The minimum Gasteiger partial charge on any atom is -0.377 e. The summed E-state index contributed by atoms with van der Waals surface area (Å²) in [6.45, 7) is 9.47. The summed E-state index contributed by atoms with van der Waals surface area (Å²) in [4.78, 5) is 22.8. The first-order chi connectivity index (χ1) is 14.1. The number of aromatic nitrogens is 3. The number of nitrogens with zero attached hydrogens (tertiary/aromatic N) is 5. The predicted molar refractivity (Wildman–Crippen MR) is 111 cm³/mol. The first kappa shape index (κ1) is 19.0. The van der Waals surface area contributed by atoms with Gasteiger partial charge in [0.2, 0.25) is 0 Å². The molecule has 1 aliphatic carbocycles. The molecule has 4 heterocycles. The molecule has 1 atom stereocenters. The molecule has 2 aromatic heterocycles. The molecule has 156 valence electrons. The fourth-order valence-corrected chi connectivity index (χ4v) is 4.56. The van der Waals surface area contributed by atoms with E-state index in [1.807, 2.05) is 21.8 Å². The quantitative estimate of drug-likeness (QED) is 0.776. The molecule has 3 fully saturated rings. The third-order valence-electron chi connectivity index (χ3n) is 6.45. The maximum absolute atomic E-state index is 13.5. The highest BCUT2D eigenvalue weighted by molar-refractivity contribution is 6.05. The van der Waals surface area contributed by atoms with Gasteiger partial charge >= 0.3 is 0 Å². The van der Waals surface area contributed by atoms with Crippen molar-refractivity contribution in [3.63, 3.8) is 0 Å². The molecule has 0 unspecified atom stereocenters. The first-order valence-electron chi connectivity index (χ1n) is 11.1. The molecule has 1 saturated carbocycles. The summed E-state index contributed by atoms with van der Waals surface area (Å²) < 4.78 is 7.71. The number of pyridine rings is 1. The molecule has 29 heavy (non-hydrogen) atoms. The zero-order chi connectivity index (χ0) is 20.0. The lowest BCUT2D eigenvalue weighted by Crippen LogP contribution is -2.50. The highest BCUT2D eigenvalue weighted by Gasteiger charge is 2.31. The maximum Gasteiger partial charge on any atom is 0.254 e. The maximum atomic E-state index is 13.5. The van der Waals surface area contributed by atoms with E-state index in [-0.39, 0.29) is 11.9 Å². The summed E-state index contributed by atoms with van der Waals surface area (Å²) in [5.74, 6) is 0.629. The van der Waals surface area contributed by atoms with Crippen molar-refractivity contribution in [1.29, 1.82) is 0 Å². The third-order valence-corrected chi connectivity index (χ3v) is 6.45. The van der Waals surface area contributed by atoms with Crippen molar-refractivity contribution in [3.05, 3.63) is 23.5 Å². The zero-order valence-electron chi connectivity index (χ0n) is 17.5. The van der Waals surface area contributed by atoms with Crippen LogP contribution < -0.4 is 0 Å². The molecule has 2 aliphatic heterocycles. The Morgan fingerprint density at radius 3 is 2.66 bits per heavy atom. The van der Waals surface area contributed by atoms with Gasteiger partial charge in [0.25, 0.3) is 5.91 Å². The van der Waals surface area contributed by atoms with Crippen LogP contribution in [-0.4, -0.2) is 75.9 Å². The van der Waals surface area contributed by atoms with Gasteiger partial charge in [-0.1, -0.05) is 0 Å². The van der Waals surface area contributed by atoms with Crippen LogP contribution in [0.5, 0.6) is 0 Å². The Balaban J connectivity index is 1.35. The van der Waals surface area contributed by atoms with Crippen LogP contribution in [0, 0.1) is 0 Å². The van der Waals surface area contributed by atoms with E-state index >= 15 is 0 Å². The fraction of sp³-hybridized carbons (Fsp3) is 0.682. The lowest BCUT2D eigenvalue weighted by Gasteiger charge is -2.35. The largest absolute Gasteiger partial charge is 0.377 e.